The number of aliphatic hydroxyl groups excluding tert-OH is 1. The number of nitrogens with two attached hydrogens (primary N) is 5. The maximum absolute atomic E-state index is 14.5. The van der Waals surface area contributed by atoms with Crippen molar-refractivity contribution in [2.24, 2.45) is 46.4 Å². The van der Waals surface area contributed by atoms with Crippen LogP contribution in [-0.2, 0) is 67.3 Å². The Morgan fingerprint density at radius 2 is 1.01 bits per heavy atom. The van der Waals surface area contributed by atoms with E-state index in [0.29, 0.717) is 12.3 Å². The van der Waals surface area contributed by atoms with Crippen LogP contribution in [0.1, 0.15) is 132 Å². The third-order valence-corrected chi connectivity index (χ3v) is 14.2. The first kappa shape index (κ1) is 76.8. The lowest BCUT2D eigenvalue weighted by atomic mass is 9.99. The lowest BCUT2D eigenvalue weighted by Crippen LogP contribution is -2.62. The molecular formula is C52H98N16O16S. The Balaban J connectivity index is 3.96. The first-order valence-corrected chi connectivity index (χ1v) is 30.4. The van der Waals surface area contributed by atoms with Gasteiger partial charge in [0.1, 0.15) is 66.5 Å². The van der Waals surface area contributed by atoms with Gasteiger partial charge in [-0.2, -0.15) is 8.42 Å². The molecule has 1 rings (SSSR count). The standard InChI is InChI=1S/C52H98N16O16S/c1-9-29(6)11-10-12-40(70)59-32(13-19-53)47(75)68-42(31(8)84-85(81,82)83)52(80)64-35(16-22-56)44(72)63-37-18-24-58-51(79)41(30(7)69)67-48(76)36(17-23-57)61-43(71)33(14-20-54)62-49(77)38(25-27(2)3)66-50(78)39(26-28(4)5)65-45(73)34(15-21-55)60-46(37)74/h27-39,41-42,69H,9-26,53-57H2,1-8H3,(H,58,79)(H,59,70)(H,60,74)(H,61,71)(H,62,77)(H,63,72)(H,64,80)(H,65,73)(H,66,78)(H,67,76)(H,68,75)(H,81,82,83)/t29?,30-,31-,32+,33+,34+,35+,36+,37+,38+,39-,41+,42+/m1/s1. The highest BCUT2D eigenvalue weighted by Gasteiger charge is 2.39. The monoisotopic (exact) mass is 1230 g/mol. The lowest BCUT2D eigenvalue weighted by molar-refractivity contribution is -0.137. The van der Waals surface area contributed by atoms with Crippen LogP contribution in [-0.4, -0.2) is 195 Å². The van der Waals surface area contributed by atoms with Gasteiger partial charge in [-0.05, 0) is 122 Å². The van der Waals surface area contributed by atoms with Crippen molar-refractivity contribution in [3.05, 3.63) is 0 Å². The van der Waals surface area contributed by atoms with Crippen LogP contribution in [0.4, 0.5) is 0 Å². The highest BCUT2D eigenvalue weighted by atomic mass is 32.3. The molecular weight excluding hydrogens is 1140 g/mol. The summed E-state index contributed by atoms with van der Waals surface area (Å²) < 4.78 is 38.1. The largest absolute Gasteiger partial charge is 0.397 e. The summed E-state index contributed by atoms with van der Waals surface area (Å²) in [5.41, 5.74) is 29.2. The Morgan fingerprint density at radius 1 is 0.576 bits per heavy atom. The van der Waals surface area contributed by atoms with Crippen LogP contribution in [0.15, 0.2) is 0 Å². The van der Waals surface area contributed by atoms with Gasteiger partial charge < -0.3 is 92.3 Å². The maximum atomic E-state index is 14.5. The second-order valence-electron chi connectivity index (χ2n) is 22.1. The summed E-state index contributed by atoms with van der Waals surface area (Å²) in [4.78, 5) is 154. The van der Waals surface area contributed by atoms with E-state index >= 15 is 0 Å². The Labute approximate surface area is 498 Å². The number of aliphatic hydroxyl groups is 1. The SMILES string of the molecule is CCC(C)CCCC(=O)N[C@@H](CCN)C(=O)N[C@H](C(=O)N[C@@H](CCN)C(=O)N[C@H]1CCNC(=O)[C@H]([C@@H](C)O)NC(=O)[C@H](CCN)NC(=O)[C@H](CCN)NC(=O)[C@H](CC(C)C)NC(=O)[C@@H](CC(C)C)NC(=O)[C@H](CCN)NC1=O)[C@@H](C)OS(=O)(=O)O. The smallest absolute Gasteiger partial charge is 0.391 e. The average Bonchev–Trinajstić information content (AvgIpc) is 3.55. The molecule has 1 heterocycles. The van der Waals surface area contributed by atoms with Crippen LogP contribution in [0.3, 0.4) is 0 Å². The molecule has 11 amide bonds. The first-order chi connectivity index (χ1) is 39.9. The summed E-state index contributed by atoms with van der Waals surface area (Å²) in [5.74, 6) is -10.6. The van der Waals surface area contributed by atoms with E-state index in [9.17, 15) is 70.8 Å². The van der Waals surface area contributed by atoms with Gasteiger partial charge in [-0.3, -0.25) is 57.3 Å². The van der Waals surface area contributed by atoms with Gasteiger partial charge >= 0.3 is 10.4 Å². The van der Waals surface area contributed by atoms with E-state index in [1.165, 1.54) is 6.92 Å². The van der Waals surface area contributed by atoms with Crippen molar-refractivity contribution in [1.82, 2.24) is 58.5 Å². The lowest BCUT2D eigenvalue weighted by Gasteiger charge is -2.29. The molecule has 23 N–H and O–H groups in total. The van der Waals surface area contributed by atoms with E-state index in [0.717, 1.165) is 19.8 Å². The Kier molecular flexibility index (Phi) is 35.7. The molecule has 85 heavy (non-hydrogen) atoms. The maximum Gasteiger partial charge on any atom is 0.397 e. The zero-order valence-electron chi connectivity index (χ0n) is 50.3. The first-order valence-electron chi connectivity index (χ1n) is 29.0. The minimum Gasteiger partial charge on any atom is -0.391 e. The van der Waals surface area contributed by atoms with Gasteiger partial charge in [0.25, 0.3) is 0 Å². The van der Waals surface area contributed by atoms with Crippen LogP contribution < -0.4 is 87.2 Å². The van der Waals surface area contributed by atoms with Gasteiger partial charge in [-0.1, -0.05) is 54.4 Å². The van der Waals surface area contributed by atoms with Crippen molar-refractivity contribution >= 4 is 75.4 Å². The number of hydrogen-bond acceptors (Lipinski definition) is 20. The molecule has 33 heteroatoms. The molecule has 0 spiro atoms. The molecule has 0 aromatic rings. The summed E-state index contributed by atoms with van der Waals surface area (Å²) in [7, 11) is -5.30. The molecule has 0 aromatic heterocycles. The second-order valence-corrected chi connectivity index (χ2v) is 23.2. The fourth-order valence-corrected chi connectivity index (χ4v) is 9.33. The van der Waals surface area contributed by atoms with E-state index in [1.54, 1.807) is 27.7 Å². The molecule has 13 atom stereocenters. The van der Waals surface area contributed by atoms with E-state index in [1.807, 2.05) is 13.8 Å². The molecule has 1 saturated heterocycles. The van der Waals surface area contributed by atoms with E-state index in [2.05, 4.69) is 62.7 Å². The van der Waals surface area contributed by atoms with Gasteiger partial charge in [0.05, 0.1) is 6.10 Å². The van der Waals surface area contributed by atoms with E-state index in [4.69, 9.17) is 28.7 Å². The molecule has 1 aliphatic heterocycles. The number of carbonyl (C=O) groups excluding carboxylic acids is 11. The summed E-state index contributed by atoms with van der Waals surface area (Å²) in [6.07, 6.45) is -2.96. The van der Waals surface area contributed by atoms with E-state index in [-0.39, 0.29) is 89.5 Å². The molecule has 0 bridgehead atoms. The summed E-state index contributed by atoms with van der Waals surface area (Å²) in [5, 5.41) is 38.2. The molecule has 1 fully saturated rings. The fraction of sp³-hybridized carbons (Fsp3) is 0.788. The molecule has 1 unspecified atom stereocenters. The van der Waals surface area contributed by atoms with E-state index < -0.39 is 167 Å². The van der Waals surface area contributed by atoms with Crippen molar-refractivity contribution in [1.29, 1.82) is 0 Å². The van der Waals surface area contributed by atoms with Gasteiger partial charge in [-0.15, -0.1) is 0 Å². The molecule has 1 aliphatic rings. The number of amides is 11. The van der Waals surface area contributed by atoms with Crippen molar-refractivity contribution in [2.45, 2.75) is 205 Å². The van der Waals surface area contributed by atoms with Gasteiger partial charge in [0.2, 0.25) is 65.0 Å². The molecule has 488 valence electrons. The van der Waals surface area contributed by atoms with Crippen LogP contribution in [0.25, 0.3) is 0 Å². The van der Waals surface area contributed by atoms with Crippen LogP contribution in [0.2, 0.25) is 0 Å². The van der Waals surface area contributed by atoms with Gasteiger partial charge in [0.15, 0.2) is 0 Å². The summed E-state index contributed by atoms with van der Waals surface area (Å²) >= 11 is 0. The van der Waals surface area contributed by atoms with Crippen molar-refractivity contribution < 1.29 is 75.0 Å². The Morgan fingerprint density at radius 3 is 1.44 bits per heavy atom. The zero-order chi connectivity index (χ0) is 64.7. The number of nitrogens with one attached hydrogen (secondary N) is 11. The third kappa shape index (κ3) is 29.2. The molecule has 0 aliphatic carbocycles. The topological polar surface area (TPSA) is 534 Å². The number of carbonyl (C=O) groups is 11. The zero-order valence-corrected chi connectivity index (χ0v) is 51.1. The van der Waals surface area contributed by atoms with Gasteiger partial charge in [0, 0.05) is 13.0 Å². The minimum absolute atomic E-state index is 0.00843. The average molecular weight is 1240 g/mol. The summed E-state index contributed by atoms with van der Waals surface area (Å²) in [6, 6.07) is -15.5. The molecule has 32 nitrogen and oxygen atoms in total. The number of hydrogen-bond donors (Lipinski definition) is 18. The third-order valence-electron chi connectivity index (χ3n) is 13.7. The molecule has 0 saturated carbocycles. The van der Waals surface area contributed by atoms with Crippen molar-refractivity contribution in [2.75, 3.05) is 39.3 Å². The van der Waals surface area contributed by atoms with Crippen LogP contribution in [0, 0.1) is 17.8 Å². The minimum atomic E-state index is -5.30. The Hall–Kier alpha value is -6.20. The Bertz CT molecular complexity index is 2320. The predicted molar refractivity (Wildman–Crippen MR) is 311 cm³/mol. The quantitative estimate of drug-likeness (QED) is 0.0298. The highest BCUT2D eigenvalue weighted by Crippen LogP contribution is 2.14. The second kappa shape index (κ2) is 39.5. The fourth-order valence-electron chi connectivity index (χ4n) is 8.84. The summed E-state index contributed by atoms with van der Waals surface area (Å²) in [6.45, 7) is 11.7. The highest BCUT2D eigenvalue weighted by molar-refractivity contribution is 7.80. The molecule has 0 radical (unpaired) electrons. The predicted octanol–water partition coefficient (Wildman–Crippen LogP) is -6.00. The van der Waals surface area contributed by atoms with Crippen molar-refractivity contribution in [3.63, 3.8) is 0 Å². The van der Waals surface area contributed by atoms with Crippen LogP contribution >= 0.6 is 0 Å². The molecule has 0 aromatic carbocycles. The van der Waals surface area contributed by atoms with Crippen LogP contribution in [0.5, 0.6) is 0 Å². The van der Waals surface area contributed by atoms with Crippen molar-refractivity contribution in [3.8, 4) is 0 Å². The van der Waals surface area contributed by atoms with Gasteiger partial charge in [-0.25, -0.2) is 4.18 Å². The number of rotatable bonds is 30. The normalized spacial score (nSPS) is 23.2.